The molecule has 0 unspecified atom stereocenters. The van der Waals surface area contributed by atoms with E-state index in [-0.39, 0.29) is 0 Å². The summed E-state index contributed by atoms with van der Waals surface area (Å²) in [7, 11) is 0. The first-order chi connectivity index (χ1) is 13.2. The smallest absolute Gasteiger partial charge is 0.229 e. The van der Waals surface area contributed by atoms with Crippen molar-refractivity contribution in [3.63, 3.8) is 0 Å². The number of nitrogens with zero attached hydrogens (tertiary/aromatic N) is 2. The van der Waals surface area contributed by atoms with Crippen molar-refractivity contribution in [1.29, 1.82) is 0 Å². The first kappa shape index (κ1) is 17.3. The molecule has 0 fully saturated rings. The van der Waals surface area contributed by atoms with Gasteiger partial charge in [0.15, 0.2) is 0 Å². The van der Waals surface area contributed by atoms with Gasteiger partial charge in [-0.15, -0.1) is 0 Å². The molecule has 2 N–H and O–H groups in total. The number of rotatable bonds is 5. The number of anilines is 3. The first-order valence-electron chi connectivity index (χ1n) is 8.76. The Morgan fingerprint density at radius 3 is 2.52 bits per heavy atom. The third kappa shape index (κ3) is 4.18. The van der Waals surface area contributed by atoms with Gasteiger partial charge >= 0.3 is 0 Å². The second-order valence-electron chi connectivity index (χ2n) is 6.39. The van der Waals surface area contributed by atoms with Crippen LogP contribution in [0.1, 0.15) is 11.1 Å². The fourth-order valence-electron chi connectivity index (χ4n) is 2.85. The van der Waals surface area contributed by atoms with E-state index in [9.17, 15) is 0 Å². The predicted octanol–water partition coefficient (Wildman–Crippen LogP) is 5.95. The summed E-state index contributed by atoms with van der Waals surface area (Å²) < 4.78 is 0. The van der Waals surface area contributed by atoms with Crippen molar-refractivity contribution in [2.45, 2.75) is 13.5 Å². The fourth-order valence-corrected chi connectivity index (χ4v) is 3.04. The number of hydrogen-bond donors (Lipinski definition) is 2. The van der Waals surface area contributed by atoms with Crippen LogP contribution in [0, 0.1) is 6.92 Å². The lowest BCUT2D eigenvalue weighted by atomic mass is 10.1. The van der Waals surface area contributed by atoms with Gasteiger partial charge in [0.05, 0.1) is 5.52 Å². The Morgan fingerprint density at radius 2 is 1.70 bits per heavy atom. The van der Waals surface area contributed by atoms with Crippen LogP contribution in [-0.4, -0.2) is 9.97 Å². The lowest BCUT2D eigenvalue weighted by Crippen LogP contribution is -2.05. The van der Waals surface area contributed by atoms with E-state index >= 15 is 0 Å². The zero-order valence-electron chi connectivity index (χ0n) is 14.9. The van der Waals surface area contributed by atoms with E-state index in [1.807, 2.05) is 48.5 Å². The fraction of sp³-hybridized carbons (Fsp3) is 0.0909. The minimum absolute atomic E-state index is 0.530. The van der Waals surface area contributed by atoms with Gasteiger partial charge in [-0.1, -0.05) is 59.6 Å². The SMILES string of the molecule is Cc1ccc(CNc2nc(Nc3cccc(Cl)c3)nc3ccccc23)cc1. The number of hydrogen-bond acceptors (Lipinski definition) is 4. The van der Waals surface area contributed by atoms with Crippen molar-refractivity contribution >= 4 is 40.0 Å². The number of aryl methyl sites for hydroxylation is 1. The van der Waals surface area contributed by atoms with Crippen LogP contribution >= 0.6 is 11.6 Å². The number of halogens is 1. The van der Waals surface area contributed by atoms with Gasteiger partial charge in [0.25, 0.3) is 0 Å². The van der Waals surface area contributed by atoms with Crippen molar-refractivity contribution in [3.05, 3.63) is 88.9 Å². The highest BCUT2D eigenvalue weighted by Gasteiger charge is 2.08. The van der Waals surface area contributed by atoms with Gasteiger partial charge in [-0.25, -0.2) is 4.98 Å². The van der Waals surface area contributed by atoms with E-state index in [4.69, 9.17) is 11.6 Å². The summed E-state index contributed by atoms with van der Waals surface area (Å²) in [5.74, 6) is 1.33. The van der Waals surface area contributed by atoms with E-state index in [0.717, 1.165) is 22.4 Å². The Bertz CT molecular complexity index is 1080. The molecule has 0 amide bonds. The normalized spacial score (nSPS) is 10.7. The highest BCUT2D eigenvalue weighted by molar-refractivity contribution is 6.30. The van der Waals surface area contributed by atoms with Crippen molar-refractivity contribution < 1.29 is 0 Å². The summed E-state index contributed by atoms with van der Waals surface area (Å²) in [6.07, 6.45) is 0. The molecule has 4 rings (SSSR count). The average Bonchev–Trinajstić information content (AvgIpc) is 2.67. The molecule has 1 heterocycles. The highest BCUT2D eigenvalue weighted by atomic mass is 35.5. The Morgan fingerprint density at radius 1 is 0.889 bits per heavy atom. The number of fused-ring (bicyclic) bond motifs is 1. The Kier molecular flexibility index (Phi) is 4.90. The maximum Gasteiger partial charge on any atom is 0.229 e. The molecule has 0 bridgehead atoms. The molecule has 0 saturated carbocycles. The Hall–Kier alpha value is -3.11. The van der Waals surface area contributed by atoms with Crippen molar-refractivity contribution in [2.24, 2.45) is 0 Å². The van der Waals surface area contributed by atoms with Gasteiger partial charge in [0, 0.05) is 22.6 Å². The van der Waals surface area contributed by atoms with E-state index in [1.165, 1.54) is 11.1 Å². The second-order valence-corrected chi connectivity index (χ2v) is 6.82. The molecular formula is C22H19ClN4. The van der Waals surface area contributed by atoms with Crippen LogP contribution in [0.5, 0.6) is 0 Å². The second kappa shape index (κ2) is 7.64. The van der Waals surface area contributed by atoms with Crippen LogP contribution in [0.3, 0.4) is 0 Å². The summed E-state index contributed by atoms with van der Waals surface area (Å²) in [6, 6.07) is 24.0. The third-order valence-electron chi connectivity index (χ3n) is 4.26. The molecule has 5 heteroatoms. The minimum atomic E-state index is 0.530. The van der Waals surface area contributed by atoms with E-state index in [0.29, 0.717) is 17.5 Å². The largest absolute Gasteiger partial charge is 0.365 e. The molecule has 0 aliphatic heterocycles. The van der Waals surface area contributed by atoms with Gasteiger partial charge in [0.2, 0.25) is 5.95 Å². The zero-order valence-corrected chi connectivity index (χ0v) is 15.7. The lowest BCUT2D eigenvalue weighted by Gasteiger charge is -2.12. The molecule has 4 aromatic rings. The van der Waals surface area contributed by atoms with Gasteiger partial charge < -0.3 is 10.6 Å². The molecule has 4 nitrogen and oxygen atoms in total. The van der Waals surface area contributed by atoms with Crippen LogP contribution in [-0.2, 0) is 6.54 Å². The summed E-state index contributed by atoms with van der Waals surface area (Å²) >= 11 is 6.07. The molecule has 134 valence electrons. The molecule has 0 radical (unpaired) electrons. The van der Waals surface area contributed by atoms with E-state index < -0.39 is 0 Å². The molecular weight excluding hydrogens is 356 g/mol. The van der Waals surface area contributed by atoms with E-state index in [2.05, 4.69) is 51.8 Å². The van der Waals surface area contributed by atoms with Crippen molar-refractivity contribution in [1.82, 2.24) is 9.97 Å². The molecule has 27 heavy (non-hydrogen) atoms. The average molecular weight is 375 g/mol. The third-order valence-corrected chi connectivity index (χ3v) is 4.50. The lowest BCUT2D eigenvalue weighted by molar-refractivity contribution is 1.10. The molecule has 0 aliphatic rings. The number of para-hydroxylation sites is 1. The zero-order chi connectivity index (χ0) is 18.6. The van der Waals surface area contributed by atoms with Gasteiger partial charge in [0.1, 0.15) is 5.82 Å². The Balaban J connectivity index is 1.64. The molecule has 0 saturated heterocycles. The quantitative estimate of drug-likeness (QED) is 0.453. The maximum absolute atomic E-state index is 6.07. The standard InChI is InChI=1S/C22H19ClN4/c1-15-9-11-16(12-10-15)14-24-21-19-7-2-3-8-20(19)26-22(27-21)25-18-6-4-5-17(23)13-18/h2-13H,14H2,1H3,(H2,24,25,26,27). The van der Waals surface area contributed by atoms with Gasteiger partial charge in [-0.05, 0) is 42.8 Å². The van der Waals surface area contributed by atoms with Crippen LogP contribution in [0.2, 0.25) is 5.02 Å². The minimum Gasteiger partial charge on any atom is -0.365 e. The Labute approximate surface area is 163 Å². The number of aromatic nitrogens is 2. The topological polar surface area (TPSA) is 49.8 Å². The molecule has 0 aliphatic carbocycles. The van der Waals surface area contributed by atoms with Crippen LogP contribution in [0.15, 0.2) is 72.8 Å². The van der Waals surface area contributed by atoms with Crippen molar-refractivity contribution in [2.75, 3.05) is 10.6 Å². The van der Waals surface area contributed by atoms with Crippen molar-refractivity contribution in [3.8, 4) is 0 Å². The number of benzene rings is 3. The molecule has 0 spiro atoms. The molecule has 1 aromatic heterocycles. The summed E-state index contributed by atoms with van der Waals surface area (Å²) in [5, 5.41) is 8.33. The van der Waals surface area contributed by atoms with E-state index in [1.54, 1.807) is 0 Å². The summed E-state index contributed by atoms with van der Waals surface area (Å²) in [4.78, 5) is 9.30. The van der Waals surface area contributed by atoms with Crippen LogP contribution in [0.25, 0.3) is 10.9 Å². The molecule has 3 aromatic carbocycles. The molecule has 0 atom stereocenters. The van der Waals surface area contributed by atoms with Crippen LogP contribution in [0.4, 0.5) is 17.5 Å². The summed E-state index contributed by atoms with van der Waals surface area (Å²) in [5.41, 5.74) is 4.18. The van der Waals surface area contributed by atoms with Gasteiger partial charge in [-0.3, -0.25) is 0 Å². The first-order valence-corrected chi connectivity index (χ1v) is 9.14. The summed E-state index contributed by atoms with van der Waals surface area (Å²) in [6.45, 7) is 2.78. The number of nitrogens with one attached hydrogen (secondary N) is 2. The predicted molar refractivity (Wildman–Crippen MR) is 113 cm³/mol. The highest BCUT2D eigenvalue weighted by Crippen LogP contribution is 2.25. The van der Waals surface area contributed by atoms with Gasteiger partial charge in [-0.2, -0.15) is 4.98 Å². The van der Waals surface area contributed by atoms with Crippen LogP contribution < -0.4 is 10.6 Å². The monoisotopic (exact) mass is 374 g/mol. The maximum atomic E-state index is 6.07.